The van der Waals surface area contributed by atoms with E-state index in [9.17, 15) is 4.79 Å². The molecular weight excluding hydrogens is 326 g/mol. The summed E-state index contributed by atoms with van der Waals surface area (Å²) in [5.74, 6) is 0.0461. The molecule has 0 aliphatic carbocycles. The van der Waals surface area contributed by atoms with E-state index in [4.69, 9.17) is 0 Å². The number of fused-ring (bicyclic) bond motifs is 1. The van der Waals surface area contributed by atoms with Gasteiger partial charge in [-0.25, -0.2) is 4.98 Å². The number of unbranched alkanes of at least 4 members (excludes halogenated alkanes) is 2. The van der Waals surface area contributed by atoms with Crippen molar-refractivity contribution < 1.29 is 4.79 Å². The zero-order chi connectivity index (χ0) is 16.7. The number of aryl methyl sites for hydroxylation is 1. The maximum absolute atomic E-state index is 12.2. The molecule has 0 saturated carbocycles. The van der Waals surface area contributed by atoms with Gasteiger partial charge in [-0.2, -0.15) is 5.10 Å². The van der Waals surface area contributed by atoms with Crippen molar-refractivity contribution in [2.24, 2.45) is 0 Å². The molecule has 2 aromatic heterocycles. The Hall–Kier alpha value is -1.82. The van der Waals surface area contributed by atoms with Crippen molar-refractivity contribution in [3.05, 3.63) is 11.9 Å². The minimum Gasteiger partial charge on any atom is -0.383 e. The average molecular weight is 354 g/mol. The predicted octanol–water partition coefficient (Wildman–Crippen LogP) is 4.28. The molecule has 0 bridgehead atoms. The topological polar surface area (TPSA) is 82.7 Å². The third-order valence-electron chi connectivity index (χ3n) is 3.86. The Balaban J connectivity index is 0.00000288. The Morgan fingerprint density at radius 1 is 1.17 bits per heavy atom. The van der Waals surface area contributed by atoms with E-state index >= 15 is 0 Å². The van der Waals surface area contributed by atoms with Crippen molar-refractivity contribution in [2.45, 2.75) is 59.3 Å². The van der Waals surface area contributed by atoms with Crippen LogP contribution in [0.1, 0.15) is 58.6 Å². The van der Waals surface area contributed by atoms with E-state index in [1.165, 1.54) is 0 Å². The predicted molar refractivity (Wildman–Crippen MR) is 102 cm³/mol. The molecule has 7 heteroatoms. The summed E-state index contributed by atoms with van der Waals surface area (Å²) in [6, 6.07) is 0. The minimum atomic E-state index is 0. The van der Waals surface area contributed by atoms with Gasteiger partial charge in [0.15, 0.2) is 5.65 Å². The highest BCUT2D eigenvalue weighted by Gasteiger charge is 2.17. The first-order valence-electron chi connectivity index (χ1n) is 8.60. The van der Waals surface area contributed by atoms with Gasteiger partial charge in [-0.1, -0.05) is 33.6 Å². The normalized spacial score (nSPS) is 10.5. The Morgan fingerprint density at radius 3 is 2.58 bits per heavy atom. The smallest absolute Gasteiger partial charge is 0.224 e. The van der Waals surface area contributed by atoms with Gasteiger partial charge in [-0.3, -0.25) is 9.89 Å². The fourth-order valence-corrected chi connectivity index (χ4v) is 2.52. The molecule has 134 valence electrons. The van der Waals surface area contributed by atoms with E-state index in [1.807, 2.05) is 6.92 Å². The molecule has 0 spiro atoms. The molecule has 3 N–H and O–H groups in total. The summed E-state index contributed by atoms with van der Waals surface area (Å²) in [7, 11) is 0. The van der Waals surface area contributed by atoms with Gasteiger partial charge in [0.2, 0.25) is 5.91 Å². The summed E-state index contributed by atoms with van der Waals surface area (Å²) in [5.41, 5.74) is 3.37. The lowest BCUT2D eigenvalue weighted by atomic mass is 10.1. The molecule has 0 saturated heterocycles. The minimum absolute atomic E-state index is 0. The number of amides is 1. The molecule has 24 heavy (non-hydrogen) atoms. The molecule has 0 unspecified atom stereocenters. The number of aromatic amines is 1. The second kappa shape index (κ2) is 10.1. The number of H-pyrrole nitrogens is 1. The summed E-state index contributed by atoms with van der Waals surface area (Å²) in [5, 5.41) is 14.5. The monoisotopic (exact) mass is 353 g/mol. The van der Waals surface area contributed by atoms with Crippen LogP contribution in [0.25, 0.3) is 11.0 Å². The fraction of sp³-hybridized carbons (Fsp3) is 0.588. The Labute approximate surface area is 149 Å². The molecule has 2 rings (SSSR count). The highest BCUT2D eigenvalue weighted by atomic mass is 35.5. The fourth-order valence-electron chi connectivity index (χ4n) is 2.52. The second-order valence-corrected chi connectivity index (χ2v) is 5.73. The summed E-state index contributed by atoms with van der Waals surface area (Å²) >= 11 is 0. The first-order valence-corrected chi connectivity index (χ1v) is 8.60. The molecule has 2 heterocycles. The van der Waals surface area contributed by atoms with Crippen LogP contribution in [-0.4, -0.2) is 27.6 Å². The van der Waals surface area contributed by atoms with Gasteiger partial charge in [0.05, 0.1) is 28.7 Å². The number of hydrogen-bond donors (Lipinski definition) is 3. The van der Waals surface area contributed by atoms with Crippen molar-refractivity contribution >= 4 is 40.7 Å². The van der Waals surface area contributed by atoms with Crippen LogP contribution in [0.3, 0.4) is 0 Å². The lowest BCUT2D eigenvalue weighted by molar-refractivity contribution is -0.116. The first kappa shape index (κ1) is 20.2. The molecule has 0 fully saturated rings. The van der Waals surface area contributed by atoms with Gasteiger partial charge in [0.25, 0.3) is 0 Å². The summed E-state index contributed by atoms with van der Waals surface area (Å²) in [4.78, 5) is 16.8. The number of aromatic nitrogens is 3. The van der Waals surface area contributed by atoms with E-state index < -0.39 is 0 Å². The van der Waals surface area contributed by atoms with Crippen LogP contribution >= 0.6 is 12.4 Å². The third kappa shape index (κ3) is 4.84. The molecule has 0 aromatic carbocycles. The molecule has 6 nitrogen and oxygen atoms in total. The summed E-state index contributed by atoms with van der Waals surface area (Å²) in [6.07, 6.45) is 7.15. The van der Waals surface area contributed by atoms with Gasteiger partial charge >= 0.3 is 0 Å². The Bertz CT molecular complexity index is 656. The molecule has 1 amide bonds. The van der Waals surface area contributed by atoms with Gasteiger partial charge in [0.1, 0.15) is 0 Å². The average Bonchev–Trinajstić information content (AvgIpc) is 3.02. The molecule has 0 aliphatic rings. The van der Waals surface area contributed by atoms with Crippen molar-refractivity contribution in [2.75, 3.05) is 17.2 Å². The number of anilines is 2. The van der Waals surface area contributed by atoms with Crippen LogP contribution in [0.2, 0.25) is 0 Å². The lowest BCUT2D eigenvalue weighted by Gasteiger charge is -2.17. The van der Waals surface area contributed by atoms with E-state index in [2.05, 4.69) is 39.7 Å². The first-order chi connectivity index (χ1) is 11.2. The number of halogens is 1. The Morgan fingerprint density at radius 2 is 1.92 bits per heavy atom. The van der Waals surface area contributed by atoms with E-state index in [0.717, 1.165) is 66.8 Å². The third-order valence-corrected chi connectivity index (χ3v) is 3.86. The number of rotatable bonds is 9. The number of pyridine rings is 1. The van der Waals surface area contributed by atoms with Crippen LogP contribution in [0.5, 0.6) is 0 Å². The largest absolute Gasteiger partial charge is 0.383 e. The number of nitrogens with zero attached hydrogens (tertiary/aromatic N) is 2. The zero-order valence-electron chi connectivity index (χ0n) is 14.7. The summed E-state index contributed by atoms with van der Waals surface area (Å²) in [6.45, 7) is 7.15. The Kier molecular flexibility index (Phi) is 8.54. The van der Waals surface area contributed by atoms with Crippen LogP contribution in [0.4, 0.5) is 11.4 Å². The van der Waals surface area contributed by atoms with Crippen molar-refractivity contribution in [1.82, 2.24) is 15.2 Å². The SMILES string of the molecule is CCCCNc1c(NC(=O)CCCC)c(CC)nc2[nH]ncc12.Cl. The lowest BCUT2D eigenvalue weighted by Crippen LogP contribution is -2.16. The zero-order valence-corrected chi connectivity index (χ0v) is 15.6. The van der Waals surface area contributed by atoms with Crippen LogP contribution in [-0.2, 0) is 11.2 Å². The molecular formula is C17H28ClN5O. The highest BCUT2D eigenvalue weighted by Crippen LogP contribution is 2.33. The van der Waals surface area contributed by atoms with Crippen molar-refractivity contribution in [1.29, 1.82) is 0 Å². The second-order valence-electron chi connectivity index (χ2n) is 5.73. The number of carbonyl (C=O) groups is 1. The number of carbonyl (C=O) groups excluding carboxylic acids is 1. The highest BCUT2D eigenvalue weighted by molar-refractivity contribution is 6.03. The quantitative estimate of drug-likeness (QED) is 0.587. The standard InChI is InChI=1S/C17H27N5O.ClH/c1-4-7-9-14(23)21-16-13(6-3)20-17-12(11-19-22-17)15(16)18-10-8-5-2;/h11H,4-10H2,1-3H3,(H,21,23)(H2,18,19,20,22);1H. The molecule has 0 atom stereocenters. The number of hydrogen-bond acceptors (Lipinski definition) is 4. The van der Waals surface area contributed by atoms with Gasteiger partial charge < -0.3 is 10.6 Å². The van der Waals surface area contributed by atoms with Crippen LogP contribution in [0.15, 0.2) is 6.20 Å². The maximum Gasteiger partial charge on any atom is 0.224 e. The van der Waals surface area contributed by atoms with E-state index in [0.29, 0.717) is 6.42 Å². The maximum atomic E-state index is 12.2. The van der Waals surface area contributed by atoms with Crippen LogP contribution in [0, 0.1) is 0 Å². The molecule has 2 aromatic rings. The van der Waals surface area contributed by atoms with Crippen LogP contribution < -0.4 is 10.6 Å². The van der Waals surface area contributed by atoms with Crippen molar-refractivity contribution in [3.8, 4) is 0 Å². The summed E-state index contributed by atoms with van der Waals surface area (Å²) < 4.78 is 0. The molecule has 0 radical (unpaired) electrons. The van der Waals surface area contributed by atoms with Crippen molar-refractivity contribution in [3.63, 3.8) is 0 Å². The number of nitrogens with one attached hydrogen (secondary N) is 3. The van der Waals surface area contributed by atoms with E-state index in [1.54, 1.807) is 6.20 Å². The van der Waals surface area contributed by atoms with Gasteiger partial charge in [-0.15, -0.1) is 12.4 Å². The van der Waals surface area contributed by atoms with Gasteiger partial charge in [-0.05, 0) is 19.3 Å². The molecule has 0 aliphatic heterocycles. The van der Waals surface area contributed by atoms with E-state index in [-0.39, 0.29) is 18.3 Å². The van der Waals surface area contributed by atoms with Gasteiger partial charge in [0, 0.05) is 13.0 Å².